The Morgan fingerprint density at radius 2 is 2.00 bits per heavy atom. The molecule has 2 aromatic rings. The fraction of sp³-hybridized carbons (Fsp3) is 0.500. The minimum absolute atomic E-state index is 0.00137. The van der Waals surface area contributed by atoms with Crippen molar-refractivity contribution in [1.82, 2.24) is 14.9 Å². The Hall–Kier alpha value is -1.98. The van der Waals surface area contributed by atoms with Crippen LogP contribution in [-0.2, 0) is 11.2 Å². The number of ether oxygens (including phenoxy) is 1. The zero-order valence-electron chi connectivity index (χ0n) is 14.6. The SMILES string of the molecule is c1ccc(CCN2CC[C@@]3(C[C@H](Nc4ncccn4)CCO3)C2)cc1. The van der Waals surface area contributed by atoms with Crippen LogP contribution in [0.15, 0.2) is 48.8 Å². The summed E-state index contributed by atoms with van der Waals surface area (Å²) in [5.41, 5.74) is 1.41. The van der Waals surface area contributed by atoms with Crippen molar-refractivity contribution in [3.05, 3.63) is 54.4 Å². The van der Waals surface area contributed by atoms with E-state index in [1.54, 1.807) is 12.4 Å². The second-order valence-corrected chi connectivity index (χ2v) is 7.20. The van der Waals surface area contributed by atoms with E-state index in [1.165, 1.54) is 5.56 Å². The third-order valence-electron chi connectivity index (χ3n) is 5.35. The van der Waals surface area contributed by atoms with Gasteiger partial charge in [-0.2, -0.15) is 0 Å². The molecule has 0 saturated carbocycles. The molecule has 2 saturated heterocycles. The molecule has 5 nitrogen and oxygen atoms in total. The number of rotatable bonds is 5. The standard InChI is InChI=1S/C20H26N4O/c1-2-5-17(6-3-1)7-12-24-13-9-20(16-24)15-18(8-14-25-20)23-19-21-10-4-11-22-19/h1-6,10-11,18H,7-9,12-16H2,(H,21,22,23)/t18-,20-/m1/s1. The molecule has 0 aliphatic carbocycles. The van der Waals surface area contributed by atoms with Crippen molar-refractivity contribution in [1.29, 1.82) is 0 Å². The molecule has 1 N–H and O–H groups in total. The number of likely N-dealkylation sites (tertiary alicyclic amines) is 1. The van der Waals surface area contributed by atoms with Gasteiger partial charge < -0.3 is 15.0 Å². The largest absolute Gasteiger partial charge is 0.373 e. The lowest BCUT2D eigenvalue weighted by atomic mass is 9.89. The molecule has 0 radical (unpaired) electrons. The van der Waals surface area contributed by atoms with Gasteiger partial charge in [-0.25, -0.2) is 9.97 Å². The summed E-state index contributed by atoms with van der Waals surface area (Å²) in [5.74, 6) is 0.725. The second kappa shape index (κ2) is 7.50. The predicted molar refractivity (Wildman–Crippen MR) is 98.6 cm³/mol. The molecule has 2 aliphatic rings. The van der Waals surface area contributed by atoms with Crippen molar-refractivity contribution in [2.75, 3.05) is 31.6 Å². The van der Waals surface area contributed by atoms with Gasteiger partial charge in [0, 0.05) is 44.7 Å². The summed E-state index contributed by atoms with van der Waals surface area (Å²) in [7, 11) is 0. The maximum atomic E-state index is 6.25. The summed E-state index contributed by atoms with van der Waals surface area (Å²) in [4.78, 5) is 11.1. The zero-order chi connectivity index (χ0) is 17.0. The van der Waals surface area contributed by atoms with Crippen LogP contribution in [-0.4, -0.2) is 52.8 Å². The molecule has 5 heteroatoms. The van der Waals surface area contributed by atoms with Gasteiger partial charge in [0.2, 0.25) is 5.95 Å². The summed E-state index contributed by atoms with van der Waals surface area (Å²) in [6.07, 6.45) is 7.85. The Kier molecular flexibility index (Phi) is 4.95. The van der Waals surface area contributed by atoms with Crippen LogP contribution in [0.2, 0.25) is 0 Å². The molecule has 0 amide bonds. The van der Waals surface area contributed by atoms with Crippen molar-refractivity contribution in [2.45, 2.75) is 37.3 Å². The van der Waals surface area contributed by atoms with E-state index in [1.807, 2.05) is 6.07 Å². The summed E-state index contributed by atoms with van der Waals surface area (Å²) in [6, 6.07) is 13.0. The van der Waals surface area contributed by atoms with Gasteiger partial charge in [0.05, 0.1) is 5.60 Å². The number of benzene rings is 1. The topological polar surface area (TPSA) is 50.3 Å². The molecular formula is C20H26N4O. The molecule has 3 heterocycles. The highest BCUT2D eigenvalue weighted by Gasteiger charge is 2.43. The molecular weight excluding hydrogens is 312 g/mol. The predicted octanol–water partition coefficient (Wildman–Crippen LogP) is 2.75. The molecule has 132 valence electrons. The first-order valence-electron chi connectivity index (χ1n) is 9.25. The van der Waals surface area contributed by atoms with Gasteiger partial charge in [-0.1, -0.05) is 30.3 Å². The van der Waals surface area contributed by atoms with E-state index in [-0.39, 0.29) is 5.60 Å². The third-order valence-corrected chi connectivity index (χ3v) is 5.35. The maximum absolute atomic E-state index is 6.25. The van der Waals surface area contributed by atoms with Gasteiger partial charge in [-0.15, -0.1) is 0 Å². The van der Waals surface area contributed by atoms with Gasteiger partial charge in [-0.3, -0.25) is 0 Å². The van der Waals surface area contributed by atoms with E-state index in [2.05, 4.69) is 50.5 Å². The molecule has 25 heavy (non-hydrogen) atoms. The normalized spacial score (nSPS) is 26.8. The van der Waals surface area contributed by atoms with E-state index < -0.39 is 0 Å². The van der Waals surface area contributed by atoms with Crippen LogP contribution < -0.4 is 5.32 Å². The molecule has 1 aromatic heterocycles. The Morgan fingerprint density at radius 1 is 1.16 bits per heavy atom. The first-order valence-corrected chi connectivity index (χ1v) is 9.25. The van der Waals surface area contributed by atoms with Crippen LogP contribution in [0.25, 0.3) is 0 Å². The Bertz CT molecular complexity index is 666. The molecule has 2 aliphatic heterocycles. The maximum Gasteiger partial charge on any atom is 0.222 e. The first-order chi connectivity index (χ1) is 12.3. The van der Waals surface area contributed by atoms with Crippen LogP contribution in [0.3, 0.4) is 0 Å². The van der Waals surface area contributed by atoms with Crippen molar-refractivity contribution >= 4 is 5.95 Å². The number of hydrogen-bond donors (Lipinski definition) is 1. The second-order valence-electron chi connectivity index (χ2n) is 7.20. The van der Waals surface area contributed by atoms with Gasteiger partial charge in [-0.05, 0) is 37.3 Å². The lowest BCUT2D eigenvalue weighted by Crippen LogP contribution is -2.46. The summed E-state index contributed by atoms with van der Waals surface area (Å²) >= 11 is 0. The van der Waals surface area contributed by atoms with Crippen molar-refractivity contribution < 1.29 is 4.74 Å². The number of nitrogens with one attached hydrogen (secondary N) is 1. The van der Waals surface area contributed by atoms with Crippen molar-refractivity contribution in [3.63, 3.8) is 0 Å². The number of anilines is 1. The van der Waals surface area contributed by atoms with Gasteiger partial charge in [0.1, 0.15) is 0 Å². The summed E-state index contributed by atoms with van der Waals surface area (Å²) < 4.78 is 6.25. The lowest BCUT2D eigenvalue weighted by molar-refractivity contribution is -0.0733. The molecule has 2 atom stereocenters. The van der Waals surface area contributed by atoms with Crippen LogP contribution in [0, 0.1) is 0 Å². The minimum Gasteiger partial charge on any atom is -0.373 e. The fourth-order valence-electron chi connectivity index (χ4n) is 4.04. The average Bonchev–Trinajstić information content (AvgIpc) is 3.04. The van der Waals surface area contributed by atoms with E-state index in [4.69, 9.17) is 4.74 Å². The van der Waals surface area contributed by atoms with E-state index in [0.29, 0.717) is 6.04 Å². The first kappa shape index (κ1) is 16.5. The average molecular weight is 338 g/mol. The molecule has 1 aromatic carbocycles. The Morgan fingerprint density at radius 3 is 2.84 bits per heavy atom. The van der Waals surface area contributed by atoms with Crippen molar-refractivity contribution in [2.24, 2.45) is 0 Å². The van der Waals surface area contributed by atoms with Gasteiger partial charge in [0.15, 0.2) is 0 Å². The molecule has 2 fully saturated rings. The highest BCUT2D eigenvalue weighted by atomic mass is 16.5. The van der Waals surface area contributed by atoms with Crippen LogP contribution in [0.4, 0.5) is 5.95 Å². The molecule has 4 rings (SSSR count). The highest BCUT2D eigenvalue weighted by Crippen LogP contribution is 2.35. The minimum atomic E-state index is 0.00137. The van der Waals surface area contributed by atoms with E-state index in [9.17, 15) is 0 Å². The third kappa shape index (κ3) is 4.17. The lowest BCUT2D eigenvalue weighted by Gasteiger charge is -2.38. The molecule has 1 spiro atoms. The number of nitrogens with zero attached hydrogens (tertiary/aromatic N) is 3. The summed E-state index contributed by atoms with van der Waals surface area (Å²) in [6.45, 7) is 4.08. The van der Waals surface area contributed by atoms with Crippen molar-refractivity contribution in [3.8, 4) is 0 Å². The summed E-state index contributed by atoms with van der Waals surface area (Å²) in [5, 5.41) is 3.48. The fourth-order valence-corrected chi connectivity index (χ4v) is 4.04. The van der Waals surface area contributed by atoms with Crippen LogP contribution in [0.1, 0.15) is 24.8 Å². The molecule has 0 bridgehead atoms. The molecule has 0 unspecified atom stereocenters. The van der Waals surface area contributed by atoms with Crippen LogP contribution >= 0.6 is 0 Å². The highest BCUT2D eigenvalue weighted by molar-refractivity contribution is 5.25. The number of aromatic nitrogens is 2. The monoisotopic (exact) mass is 338 g/mol. The zero-order valence-corrected chi connectivity index (χ0v) is 14.6. The van der Waals surface area contributed by atoms with Gasteiger partial charge in [0.25, 0.3) is 0 Å². The smallest absolute Gasteiger partial charge is 0.222 e. The van der Waals surface area contributed by atoms with Gasteiger partial charge >= 0.3 is 0 Å². The van der Waals surface area contributed by atoms with Crippen LogP contribution in [0.5, 0.6) is 0 Å². The van der Waals surface area contributed by atoms with E-state index in [0.717, 1.165) is 57.9 Å². The number of hydrogen-bond acceptors (Lipinski definition) is 5. The quantitative estimate of drug-likeness (QED) is 0.908. The van der Waals surface area contributed by atoms with E-state index >= 15 is 0 Å². The Labute approximate surface area is 149 Å². The Balaban J connectivity index is 1.31.